The van der Waals surface area contributed by atoms with Crippen molar-refractivity contribution in [1.29, 1.82) is 0 Å². The Hall–Kier alpha value is -3.11. The van der Waals surface area contributed by atoms with E-state index in [1.807, 2.05) is 42.6 Å². The highest BCUT2D eigenvalue weighted by atomic mass is 32.1. The van der Waals surface area contributed by atoms with Crippen LogP contribution in [0.4, 0.5) is 5.69 Å². The molecule has 4 rings (SSSR count). The number of hydrogen-bond acceptors (Lipinski definition) is 7. The molecule has 0 spiro atoms. The molecule has 8 nitrogen and oxygen atoms in total. The Morgan fingerprint density at radius 2 is 2.25 bits per heavy atom. The molecule has 1 atom stereocenters. The van der Waals surface area contributed by atoms with E-state index in [2.05, 4.69) is 25.7 Å². The van der Waals surface area contributed by atoms with Crippen molar-refractivity contribution >= 4 is 35.1 Å². The lowest BCUT2D eigenvalue weighted by Crippen LogP contribution is -2.24. The van der Waals surface area contributed by atoms with Gasteiger partial charge in [0.1, 0.15) is 6.04 Å². The van der Waals surface area contributed by atoms with Gasteiger partial charge in [-0.25, -0.2) is 0 Å². The fourth-order valence-electron chi connectivity index (χ4n) is 2.79. The predicted molar refractivity (Wildman–Crippen MR) is 109 cm³/mol. The summed E-state index contributed by atoms with van der Waals surface area (Å²) >= 11 is 6.88. The highest BCUT2D eigenvalue weighted by molar-refractivity contribution is 7.71. The summed E-state index contributed by atoms with van der Waals surface area (Å²) in [6.45, 7) is 3.70. The molecule has 10 heteroatoms. The number of hydrogen-bond donors (Lipinski definition) is 2. The zero-order chi connectivity index (χ0) is 19.7. The van der Waals surface area contributed by atoms with Crippen LogP contribution in [0.5, 0.6) is 0 Å². The smallest absolute Gasteiger partial charge is 0.247 e. The van der Waals surface area contributed by atoms with Crippen molar-refractivity contribution in [2.24, 2.45) is 0 Å². The number of rotatable bonds is 5. The minimum Gasteiger partial charge on any atom is -0.423 e. The SMILES string of the molecule is Cc1ccc(-c2nnco2)cc1NC(=O)C(C)n1c(-c2cccs2)n[nH]c1=S. The molecule has 2 N–H and O–H groups in total. The molecule has 3 aromatic heterocycles. The van der Waals surface area contributed by atoms with Crippen LogP contribution >= 0.6 is 23.6 Å². The molecule has 0 fully saturated rings. The van der Waals surface area contributed by atoms with Crippen LogP contribution in [0.2, 0.25) is 0 Å². The van der Waals surface area contributed by atoms with Crippen molar-refractivity contribution < 1.29 is 9.21 Å². The second-order valence-corrected chi connectivity index (χ2v) is 7.47. The summed E-state index contributed by atoms with van der Waals surface area (Å²) in [5.41, 5.74) is 2.31. The van der Waals surface area contributed by atoms with Gasteiger partial charge >= 0.3 is 0 Å². The number of carbonyl (C=O) groups is 1. The van der Waals surface area contributed by atoms with Gasteiger partial charge in [0.15, 0.2) is 10.6 Å². The van der Waals surface area contributed by atoms with Crippen LogP contribution in [-0.4, -0.2) is 30.9 Å². The van der Waals surface area contributed by atoms with E-state index < -0.39 is 6.04 Å². The van der Waals surface area contributed by atoms with Crippen LogP contribution in [0.1, 0.15) is 18.5 Å². The average molecular weight is 413 g/mol. The van der Waals surface area contributed by atoms with Gasteiger partial charge in [-0.05, 0) is 55.2 Å². The average Bonchev–Trinajstić information content (AvgIpc) is 3.44. The zero-order valence-electron chi connectivity index (χ0n) is 15.0. The fourth-order valence-corrected chi connectivity index (χ4v) is 3.79. The van der Waals surface area contributed by atoms with Gasteiger partial charge in [0.25, 0.3) is 0 Å². The molecule has 4 aromatic rings. The molecular formula is C18H16N6O2S2. The van der Waals surface area contributed by atoms with Gasteiger partial charge in [-0.2, -0.15) is 5.10 Å². The third-order valence-electron chi connectivity index (χ3n) is 4.32. The quantitative estimate of drug-likeness (QED) is 0.476. The second kappa shape index (κ2) is 7.49. The van der Waals surface area contributed by atoms with Crippen molar-refractivity contribution in [3.8, 4) is 22.2 Å². The van der Waals surface area contributed by atoms with Gasteiger partial charge in [0, 0.05) is 11.3 Å². The van der Waals surface area contributed by atoms with Crippen molar-refractivity contribution in [1.82, 2.24) is 25.0 Å². The Morgan fingerprint density at radius 3 is 2.96 bits per heavy atom. The van der Waals surface area contributed by atoms with E-state index in [9.17, 15) is 4.79 Å². The summed E-state index contributed by atoms with van der Waals surface area (Å²) in [6, 6.07) is 8.87. The third-order valence-corrected chi connectivity index (χ3v) is 5.47. The number of benzene rings is 1. The van der Waals surface area contributed by atoms with Crippen LogP contribution < -0.4 is 5.32 Å². The number of aryl methyl sites for hydroxylation is 1. The zero-order valence-corrected chi connectivity index (χ0v) is 16.7. The Labute approximate surface area is 169 Å². The van der Waals surface area contributed by atoms with Gasteiger partial charge in [-0.15, -0.1) is 21.5 Å². The van der Waals surface area contributed by atoms with E-state index in [0.717, 1.165) is 16.0 Å². The van der Waals surface area contributed by atoms with Crippen LogP contribution in [-0.2, 0) is 4.79 Å². The van der Waals surface area contributed by atoms with Crippen LogP contribution in [0.25, 0.3) is 22.2 Å². The summed E-state index contributed by atoms with van der Waals surface area (Å²) in [5.74, 6) is 0.820. The Kier molecular flexibility index (Phi) is 4.88. The summed E-state index contributed by atoms with van der Waals surface area (Å²) < 4.78 is 7.34. The first kappa shape index (κ1) is 18.3. The predicted octanol–water partition coefficient (Wildman–Crippen LogP) is 4.23. The summed E-state index contributed by atoms with van der Waals surface area (Å²) in [5, 5.41) is 19.6. The first-order valence-corrected chi connectivity index (χ1v) is 9.72. The number of nitrogens with zero attached hydrogens (tertiary/aromatic N) is 4. The summed E-state index contributed by atoms with van der Waals surface area (Å²) in [4.78, 5) is 13.9. The van der Waals surface area contributed by atoms with E-state index in [1.54, 1.807) is 11.5 Å². The normalized spacial score (nSPS) is 12.1. The molecule has 28 heavy (non-hydrogen) atoms. The first-order valence-electron chi connectivity index (χ1n) is 8.43. The maximum absolute atomic E-state index is 13.0. The van der Waals surface area contributed by atoms with Crippen molar-refractivity contribution in [2.45, 2.75) is 19.9 Å². The lowest BCUT2D eigenvalue weighted by molar-refractivity contribution is -0.118. The van der Waals surface area contributed by atoms with Gasteiger partial charge in [-0.1, -0.05) is 12.1 Å². The van der Waals surface area contributed by atoms with Gasteiger partial charge in [0.2, 0.25) is 18.2 Å². The number of aromatic nitrogens is 5. The molecule has 0 bridgehead atoms. The lowest BCUT2D eigenvalue weighted by Gasteiger charge is -2.16. The van der Waals surface area contributed by atoms with Crippen molar-refractivity contribution in [2.75, 3.05) is 5.32 Å². The number of amides is 1. The first-order chi connectivity index (χ1) is 13.5. The summed E-state index contributed by atoms with van der Waals surface area (Å²) in [7, 11) is 0. The number of aromatic amines is 1. The molecule has 0 saturated heterocycles. The molecule has 0 aliphatic heterocycles. The van der Waals surface area contributed by atoms with Gasteiger partial charge < -0.3 is 9.73 Å². The molecule has 1 unspecified atom stereocenters. The van der Waals surface area contributed by atoms with E-state index in [1.165, 1.54) is 17.7 Å². The molecule has 0 radical (unpaired) electrons. The van der Waals surface area contributed by atoms with Crippen LogP contribution in [0.3, 0.4) is 0 Å². The van der Waals surface area contributed by atoms with E-state index in [0.29, 0.717) is 22.2 Å². The van der Waals surface area contributed by atoms with Gasteiger partial charge in [0.05, 0.1) is 4.88 Å². The number of carbonyl (C=O) groups excluding carboxylic acids is 1. The molecule has 1 amide bonds. The van der Waals surface area contributed by atoms with Crippen LogP contribution in [0, 0.1) is 11.7 Å². The fraction of sp³-hybridized carbons (Fsp3) is 0.167. The van der Waals surface area contributed by atoms with E-state index in [-0.39, 0.29) is 5.91 Å². The molecule has 0 aliphatic carbocycles. The molecule has 0 saturated carbocycles. The van der Waals surface area contributed by atoms with Crippen molar-refractivity contribution in [3.05, 3.63) is 52.4 Å². The van der Waals surface area contributed by atoms with Crippen LogP contribution in [0.15, 0.2) is 46.5 Å². The standard InChI is InChI=1S/C18H16N6O2S2/c1-10-5-6-12(17-22-19-9-26-17)8-13(10)20-16(25)11(2)24-15(21-23-18(24)27)14-4-3-7-28-14/h3-9,11H,1-2H3,(H,20,25)(H,23,27). The monoisotopic (exact) mass is 412 g/mol. The highest BCUT2D eigenvalue weighted by Crippen LogP contribution is 2.28. The Balaban J connectivity index is 1.62. The maximum atomic E-state index is 13.0. The summed E-state index contributed by atoms with van der Waals surface area (Å²) in [6.07, 6.45) is 1.27. The topological polar surface area (TPSA) is 102 Å². The third kappa shape index (κ3) is 3.39. The second-order valence-electron chi connectivity index (χ2n) is 6.14. The minimum atomic E-state index is -0.560. The van der Waals surface area contributed by atoms with Gasteiger partial charge in [-0.3, -0.25) is 14.5 Å². The number of anilines is 1. The number of thiophene rings is 1. The maximum Gasteiger partial charge on any atom is 0.247 e. The molecule has 0 aliphatic rings. The molecule has 142 valence electrons. The largest absolute Gasteiger partial charge is 0.423 e. The van der Waals surface area contributed by atoms with Crippen molar-refractivity contribution in [3.63, 3.8) is 0 Å². The lowest BCUT2D eigenvalue weighted by atomic mass is 10.1. The molecule has 1 aromatic carbocycles. The Bertz CT molecular complexity index is 1160. The highest BCUT2D eigenvalue weighted by Gasteiger charge is 2.22. The molecular weight excluding hydrogens is 396 g/mol. The number of nitrogens with one attached hydrogen (secondary N) is 2. The Morgan fingerprint density at radius 1 is 1.39 bits per heavy atom. The van der Waals surface area contributed by atoms with E-state index in [4.69, 9.17) is 16.6 Å². The van der Waals surface area contributed by atoms with E-state index >= 15 is 0 Å². The molecule has 3 heterocycles. The minimum absolute atomic E-state index is 0.207. The number of H-pyrrole nitrogens is 1.